The van der Waals surface area contributed by atoms with Crippen molar-refractivity contribution in [2.24, 2.45) is 13.0 Å². The van der Waals surface area contributed by atoms with Crippen LogP contribution in [0.1, 0.15) is 41.3 Å². The fourth-order valence-electron chi connectivity index (χ4n) is 3.72. The second-order valence-corrected chi connectivity index (χ2v) is 7.84. The normalized spacial score (nSPS) is 22.8. The molecule has 1 saturated heterocycles. The number of aromatic nitrogens is 3. The standard InChI is InChI=1S/C17H23N5OS.ClH/c1-22-10-11(7-19-22)12-8-18-9-13(12)16(23)21-17-20-14-5-3-2-4-6-15(14)24-17;/h7,10,12-13,18H,2-6,8-9H2,1H3,(H,20,21,23);1H/t12-,13+;/m1./s1. The molecule has 1 fully saturated rings. The number of fused-ring (bicyclic) bond motifs is 1. The van der Waals surface area contributed by atoms with E-state index in [-0.39, 0.29) is 30.2 Å². The highest BCUT2D eigenvalue weighted by Crippen LogP contribution is 2.32. The van der Waals surface area contributed by atoms with Crippen LogP contribution in [0.25, 0.3) is 0 Å². The fourth-order valence-corrected chi connectivity index (χ4v) is 4.77. The van der Waals surface area contributed by atoms with Gasteiger partial charge < -0.3 is 10.6 Å². The summed E-state index contributed by atoms with van der Waals surface area (Å²) >= 11 is 1.66. The molecule has 0 radical (unpaired) electrons. The first-order chi connectivity index (χ1) is 11.7. The van der Waals surface area contributed by atoms with Gasteiger partial charge in [0, 0.05) is 37.1 Å². The molecule has 1 amide bonds. The average Bonchev–Trinajstić information content (AvgIpc) is 3.25. The molecule has 2 atom stereocenters. The van der Waals surface area contributed by atoms with E-state index in [0.29, 0.717) is 6.54 Å². The lowest BCUT2D eigenvalue weighted by molar-refractivity contribution is -0.119. The van der Waals surface area contributed by atoms with Gasteiger partial charge >= 0.3 is 0 Å². The van der Waals surface area contributed by atoms with Gasteiger partial charge in [0.1, 0.15) is 0 Å². The molecule has 1 aliphatic heterocycles. The molecule has 4 rings (SSSR count). The number of rotatable bonds is 3. The Morgan fingerprint density at radius 3 is 2.96 bits per heavy atom. The van der Waals surface area contributed by atoms with Gasteiger partial charge in [-0.3, -0.25) is 9.48 Å². The second-order valence-electron chi connectivity index (χ2n) is 6.76. The molecule has 0 aromatic carbocycles. The molecule has 0 saturated carbocycles. The predicted octanol–water partition coefficient (Wildman–Crippen LogP) is 2.51. The van der Waals surface area contributed by atoms with E-state index in [1.54, 1.807) is 16.0 Å². The van der Waals surface area contributed by atoms with Crippen molar-refractivity contribution >= 4 is 34.8 Å². The van der Waals surface area contributed by atoms with Gasteiger partial charge in [0.25, 0.3) is 0 Å². The zero-order chi connectivity index (χ0) is 16.5. The topological polar surface area (TPSA) is 71.8 Å². The monoisotopic (exact) mass is 381 g/mol. The number of carbonyl (C=O) groups excluding carboxylic acids is 1. The van der Waals surface area contributed by atoms with E-state index >= 15 is 0 Å². The van der Waals surface area contributed by atoms with Gasteiger partial charge in [0.05, 0.1) is 17.8 Å². The smallest absolute Gasteiger partial charge is 0.231 e. The lowest BCUT2D eigenvalue weighted by atomic mass is 9.90. The SMILES string of the molecule is Cl.Cn1cc([C@H]2CNC[C@@H]2C(=O)Nc2nc3c(s2)CCCCC3)cn1. The number of hydrogen-bond donors (Lipinski definition) is 2. The predicted molar refractivity (Wildman–Crippen MR) is 102 cm³/mol. The van der Waals surface area contributed by atoms with Gasteiger partial charge in [0.15, 0.2) is 5.13 Å². The largest absolute Gasteiger partial charge is 0.315 e. The Bertz CT molecular complexity index is 720. The third-order valence-corrected chi connectivity index (χ3v) is 6.10. The summed E-state index contributed by atoms with van der Waals surface area (Å²) in [5.41, 5.74) is 2.32. The van der Waals surface area contributed by atoms with Crippen molar-refractivity contribution in [2.45, 2.75) is 38.0 Å². The number of hydrogen-bond acceptors (Lipinski definition) is 5. The summed E-state index contributed by atoms with van der Waals surface area (Å²) in [7, 11) is 1.91. The molecule has 6 nitrogen and oxygen atoms in total. The first-order valence-electron chi connectivity index (χ1n) is 8.69. The Morgan fingerprint density at radius 2 is 2.16 bits per heavy atom. The summed E-state index contributed by atoms with van der Waals surface area (Å²) in [4.78, 5) is 18.8. The molecule has 136 valence electrons. The molecule has 2 aromatic heterocycles. The first-order valence-corrected chi connectivity index (χ1v) is 9.51. The van der Waals surface area contributed by atoms with Gasteiger partial charge in [-0.15, -0.1) is 23.7 Å². The molecular weight excluding hydrogens is 358 g/mol. The quantitative estimate of drug-likeness (QED) is 0.801. The van der Waals surface area contributed by atoms with Crippen molar-refractivity contribution < 1.29 is 4.79 Å². The molecule has 2 aliphatic rings. The molecule has 25 heavy (non-hydrogen) atoms. The van der Waals surface area contributed by atoms with Crippen molar-refractivity contribution in [1.82, 2.24) is 20.1 Å². The van der Waals surface area contributed by atoms with E-state index in [0.717, 1.165) is 30.1 Å². The Morgan fingerprint density at radius 1 is 1.32 bits per heavy atom. The molecule has 3 heterocycles. The molecule has 2 N–H and O–H groups in total. The van der Waals surface area contributed by atoms with E-state index in [2.05, 4.69) is 20.7 Å². The third-order valence-electron chi connectivity index (χ3n) is 5.03. The van der Waals surface area contributed by atoms with E-state index in [1.807, 2.05) is 19.4 Å². The van der Waals surface area contributed by atoms with E-state index in [1.165, 1.54) is 29.8 Å². The summed E-state index contributed by atoms with van der Waals surface area (Å²) in [5.74, 6) is 0.173. The Kier molecular flexibility index (Phi) is 5.76. The van der Waals surface area contributed by atoms with Gasteiger partial charge in [-0.2, -0.15) is 5.10 Å². The molecule has 0 spiro atoms. The van der Waals surface area contributed by atoms with Crippen molar-refractivity contribution in [3.8, 4) is 0 Å². The summed E-state index contributed by atoms with van der Waals surface area (Å²) in [6.45, 7) is 1.52. The first kappa shape index (κ1) is 18.4. The minimum atomic E-state index is -0.0714. The number of aryl methyl sites for hydroxylation is 3. The van der Waals surface area contributed by atoms with Crippen molar-refractivity contribution in [3.63, 3.8) is 0 Å². The summed E-state index contributed by atoms with van der Waals surface area (Å²) in [6.07, 6.45) is 9.74. The lowest BCUT2D eigenvalue weighted by Crippen LogP contribution is -2.28. The van der Waals surface area contributed by atoms with Crippen LogP contribution in [0.4, 0.5) is 5.13 Å². The Balaban J connectivity index is 0.00000182. The van der Waals surface area contributed by atoms with Crippen LogP contribution < -0.4 is 10.6 Å². The van der Waals surface area contributed by atoms with Crippen molar-refractivity contribution in [2.75, 3.05) is 18.4 Å². The van der Waals surface area contributed by atoms with Crippen molar-refractivity contribution in [3.05, 3.63) is 28.5 Å². The van der Waals surface area contributed by atoms with Gasteiger partial charge in [-0.1, -0.05) is 6.42 Å². The lowest BCUT2D eigenvalue weighted by Gasteiger charge is -2.16. The maximum Gasteiger partial charge on any atom is 0.231 e. The van der Waals surface area contributed by atoms with Gasteiger partial charge in [0.2, 0.25) is 5.91 Å². The number of nitrogens with zero attached hydrogens (tertiary/aromatic N) is 3. The van der Waals surface area contributed by atoms with Crippen LogP contribution in [0.15, 0.2) is 12.4 Å². The zero-order valence-corrected chi connectivity index (χ0v) is 16.0. The van der Waals surface area contributed by atoms with Crippen LogP contribution >= 0.6 is 23.7 Å². The Hall–Kier alpha value is -1.44. The van der Waals surface area contributed by atoms with Gasteiger partial charge in [-0.25, -0.2) is 4.98 Å². The van der Waals surface area contributed by atoms with Gasteiger partial charge in [-0.05, 0) is 31.2 Å². The van der Waals surface area contributed by atoms with Crippen LogP contribution in [-0.2, 0) is 24.7 Å². The number of anilines is 1. The fraction of sp³-hybridized carbons (Fsp3) is 0.588. The highest BCUT2D eigenvalue weighted by Gasteiger charge is 2.35. The van der Waals surface area contributed by atoms with E-state index in [9.17, 15) is 4.79 Å². The minimum Gasteiger partial charge on any atom is -0.315 e. The third kappa shape index (κ3) is 3.88. The van der Waals surface area contributed by atoms with Crippen LogP contribution in [0.3, 0.4) is 0 Å². The minimum absolute atomic E-state index is 0. The van der Waals surface area contributed by atoms with Crippen LogP contribution in [0, 0.1) is 5.92 Å². The number of thiazole rings is 1. The number of amides is 1. The van der Waals surface area contributed by atoms with Crippen LogP contribution in [-0.4, -0.2) is 33.8 Å². The molecule has 0 bridgehead atoms. The zero-order valence-electron chi connectivity index (χ0n) is 14.3. The highest BCUT2D eigenvalue weighted by molar-refractivity contribution is 7.15. The Labute approximate surface area is 157 Å². The highest BCUT2D eigenvalue weighted by atomic mass is 35.5. The number of halogens is 1. The van der Waals surface area contributed by atoms with Crippen LogP contribution in [0.5, 0.6) is 0 Å². The molecule has 2 aromatic rings. The average molecular weight is 382 g/mol. The molecule has 1 aliphatic carbocycles. The van der Waals surface area contributed by atoms with Crippen molar-refractivity contribution in [1.29, 1.82) is 0 Å². The maximum atomic E-state index is 12.8. The van der Waals surface area contributed by atoms with Crippen LogP contribution in [0.2, 0.25) is 0 Å². The number of nitrogens with one attached hydrogen (secondary N) is 2. The summed E-state index contributed by atoms with van der Waals surface area (Å²) in [6, 6.07) is 0. The number of carbonyl (C=O) groups is 1. The summed E-state index contributed by atoms with van der Waals surface area (Å²) in [5, 5.41) is 11.4. The van der Waals surface area contributed by atoms with E-state index < -0.39 is 0 Å². The summed E-state index contributed by atoms with van der Waals surface area (Å²) < 4.78 is 1.79. The molecule has 8 heteroatoms. The molecular formula is C17H24ClN5OS. The molecule has 0 unspecified atom stereocenters. The maximum absolute atomic E-state index is 12.8. The van der Waals surface area contributed by atoms with E-state index in [4.69, 9.17) is 0 Å². The second kappa shape index (κ2) is 7.85.